The Bertz CT molecular complexity index is 868. The molecule has 1 N–H and O–H groups in total. The predicted molar refractivity (Wildman–Crippen MR) is 77.5 cm³/mol. The number of carboxylic acid groups (broad SMARTS) is 1. The predicted octanol–water partition coefficient (Wildman–Crippen LogP) is 3.48. The van der Waals surface area contributed by atoms with Crippen molar-refractivity contribution in [2.75, 3.05) is 0 Å². The van der Waals surface area contributed by atoms with E-state index < -0.39 is 11.8 Å². The van der Waals surface area contributed by atoms with Crippen LogP contribution in [-0.2, 0) is 0 Å². The summed E-state index contributed by atoms with van der Waals surface area (Å²) >= 11 is 0. The quantitative estimate of drug-likeness (QED) is 0.783. The first-order valence-corrected chi connectivity index (χ1v) is 6.45. The van der Waals surface area contributed by atoms with Crippen LogP contribution in [0.4, 0.5) is 4.39 Å². The highest BCUT2D eigenvalue weighted by Crippen LogP contribution is 2.24. The van der Waals surface area contributed by atoms with Crippen molar-refractivity contribution in [3.8, 4) is 5.69 Å². The Morgan fingerprint density at radius 2 is 1.90 bits per heavy atom. The van der Waals surface area contributed by atoms with E-state index in [1.165, 1.54) is 12.1 Å². The zero-order chi connectivity index (χ0) is 15.1. The molecule has 0 aliphatic carbocycles. The number of aryl methyl sites for hydroxylation is 2. The number of hydrogen-bond acceptors (Lipinski definition) is 2. The van der Waals surface area contributed by atoms with Crippen LogP contribution in [0.5, 0.6) is 0 Å². The van der Waals surface area contributed by atoms with Crippen LogP contribution in [-0.4, -0.2) is 20.6 Å². The number of aromatic carboxylic acids is 1. The van der Waals surface area contributed by atoms with Crippen molar-refractivity contribution in [1.82, 2.24) is 9.55 Å². The molecule has 0 saturated heterocycles. The van der Waals surface area contributed by atoms with E-state index in [0.717, 1.165) is 28.2 Å². The second-order valence-corrected chi connectivity index (χ2v) is 5.01. The summed E-state index contributed by atoms with van der Waals surface area (Å²) in [6, 6.07) is 7.62. The second-order valence-electron chi connectivity index (χ2n) is 5.01. The van der Waals surface area contributed by atoms with E-state index in [0.29, 0.717) is 5.69 Å². The molecule has 1 aromatic heterocycles. The van der Waals surface area contributed by atoms with Gasteiger partial charge in [-0.15, -0.1) is 0 Å². The third-order valence-electron chi connectivity index (χ3n) is 3.61. The minimum absolute atomic E-state index is 0.0903. The highest BCUT2D eigenvalue weighted by atomic mass is 19.1. The van der Waals surface area contributed by atoms with Gasteiger partial charge in [0.15, 0.2) is 0 Å². The molecule has 0 amide bonds. The highest BCUT2D eigenvalue weighted by molar-refractivity contribution is 5.93. The first-order chi connectivity index (χ1) is 9.97. The summed E-state index contributed by atoms with van der Waals surface area (Å²) in [6.07, 6.45) is 1.56. The van der Waals surface area contributed by atoms with Gasteiger partial charge < -0.3 is 5.11 Å². The number of rotatable bonds is 2. The van der Waals surface area contributed by atoms with E-state index in [1.54, 1.807) is 10.9 Å². The molecule has 0 atom stereocenters. The van der Waals surface area contributed by atoms with Crippen molar-refractivity contribution in [3.05, 3.63) is 59.2 Å². The number of carboxylic acids is 1. The molecule has 0 bridgehead atoms. The minimum Gasteiger partial charge on any atom is -0.478 e. The molecular weight excluding hydrogens is 271 g/mol. The minimum atomic E-state index is -1.17. The monoisotopic (exact) mass is 284 g/mol. The molecule has 0 radical (unpaired) electrons. The maximum atomic E-state index is 13.3. The molecule has 0 spiro atoms. The lowest BCUT2D eigenvalue weighted by molar-refractivity contribution is 0.0696. The average Bonchev–Trinajstić information content (AvgIpc) is 2.82. The lowest BCUT2D eigenvalue weighted by Crippen LogP contribution is -2.05. The maximum Gasteiger partial charge on any atom is 0.337 e. The Morgan fingerprint density at radius 3 is 2.62 bits per heavy atom. The van der Waals surface area contributed by atoms with Crippen LogP contribution in [0, 0.1) is 19.7 Å². The van der Waals surface area contributed by atoms with Crippen LogP contribution in [0.2, 0.25) is 0 Å². The Labute approximate surface area is 120 Å². The fraction of sp³-hybridized carbons (Fsp3) is 0.125. The van der Waals surface area contributed by atoms with Crippen LogP contribution in [0.3, 0.4) is 0 Å². The first kappa shape index (κ1) is 13.3. The summed E-state index contributed by atoms with van der Waals surface area (Å²) in [4.78, 5) is 15.6. The number of nitrogens with zero attached hydrogens (tertiary/aromatic N) is 2. The van der Waals surface area contributed by atoms with E-state index in [9.17, 15) is 14.3 Å². The van der Waals surface area contributed by atoms with E-state index in [-0.39, 0.29) is 5.56 Å². The van der Waals surface area contributed by atoms with Crippen LogP contribution in [0.25, 0.3) is 16.7 Å². The van der Waals surface area contributed by atoms with Gasteiger partial charge in [0.25, 0.3) is 0 Å². The van der Waals surface area contributed by atoms with Gasteiger partial charge in [-0.2, -0.15) is 0 Å². The number of imidazole rings is 1. The molecule has 3 aromatic rings. The zero-order valence-corrected chi connectivity index (χ0v) is 11.6. The summed E-state index contributed by atoms with van der Waals surface area (Å²) < 4.78 is 15.0. The first-order valence-electron chi connectivity index (χ1n) is 6.45. The lowest BCUT2D eigenvalue weighted by Gasteiger charge is -2.09. The largest absolute Gasteiger partial charge is 0.478 e. The fourth-order valence-electron chi connectivity index (χ4n) is 2.35. The molecule has 2 aromatic carbocycles. The van der Waals surface area contributed by atoms with Crippen molar-refractivity contribution in [1.29, 1.82) is 0 Å². The molecular formula is C16H13FN2O2. The van der Waals surface area contributed by atoms with Gasteiger partial charge in [0.05, 0.1) is 22.3 Å². The Balaban J connectivity index is 2.31. The van der Waals surface area contributed by atoms with E-state index in [1.807, 2.05) is 26.0 Å². The molecule has 1 heterocycles. The van der Waals surface area contributed by atoms with Crippen molar-refractivity contribution >= 4 is 17.0 Å². The molecule has 21 heavy (non-hydrogen) atoms. The van der Waals surface area contributed by atoms with Gasteiger partial charge in [0.2, 0.25) is 0 Å². The smallest absolute Gasteiger partial charge is 0.337 e. The van der Waals surface area contributed by atoms with Crippen molar-refractivity contribution in [2.45, 2.75) is 13.8 Å². The summed E-state index contributed by atoms with van der Waals surface area (Å²) in [5.74, 6) is -1.75. The number of hydrogen-bond donors (Lipinski definition) is 1. The maximum absolute atomic E-state index is 13.3. The second kappa shape index (κ2) is 4.70. The topological polar surface area (TPSA) is 55.1 Å². The van der Waals surface area contributed by atoms with Gasteiger partial charge in [0, 0.05) is 0 Å². The van der Waals surface area contributed by atoms with Crippen molar-refractivity contribution in [3.63, 3.8) is 0 Å². The number of benzene rings is 2. The Morgan fingerprint density at radius 1 is 1.19 bits per heavy atom. The molecule has 106 valence electrons. The fourth-order valence-corrected chi connectivity index (χ4v) is 2.35. The summed E-state index contributed by atoms with van der Waals surface area (Å²) in [5.41, 5.74) is 4.08. The van der Waals surface area contributed by atoms with E-state index >= 15 is 0 Å². The lowest BCUT2D eigenvalue weighted by atomic mass is 10.1. The highest BCUT2D eigenvalue weighted by Gasteiger charge is 2.15. The van der Waals surface area contributed by atoms with Gasteiger partial charge in [-0.1, -0.05) is 0 Å². The van der Waals surface area contributed by atoms with Gasteiger partial charge >= 0.3 is 5.97 Å². The number of aromatic nitrogens is 2. The van der Waals surface area contributed by atoms with Crippen LogP contribution >= 0.6 is 0 Å². The Kier molecular flexibility index (Phi) is 2.97. The van der Waals surface area contributed by atoms with Gasteiger partial charge in [0.1, 0.15) is 12.1 Å². The van der Waals surface area contributed by atoms with Crippen LogP contribution in [0.1, 0.15) is 21.5 Å². The number of fused-ring (bicyclic) bond motifs is 1. The van der Waals surface area contributed by atoms with Gasteiger partial charge in [-0.3, -0.25) is 4.57 Å². The van der Waals surface area contributed by atoms with Gasteiger partial charge in [-0.25, -0.2) is 14.2 Å². The van der Waals surface area contributed by atoms with Gasteiger partial charge in [-0.05, 0) is 55.3 Å². The average molecular weight is 284 g/mol. The molecule has 0 aliphatic rings. The molecule has 0 unspecified atom stereocenters. The molecule has 4 nitrogen and oxygen atoms in total. The molecule has 0 aliphatic heterocycles. The standard InChI is InChI=1S/C16H13FN2O2/c1-9-5-13-15(6-10(9)2)19(8-18-13)14-4-3-11(17)7-12(14)16(20)21/h3-8H,1-2H3,(H,20,21). The third kappa shape index (κ3) is 2.16. The molecule has 0 saturated carbocycles. The SMILES string of the molecule is Cc1cc2ncn(-c3ccc(F)cc3C(=O)O)c2cc1C. The van der Waals surface area contributed by atoms with Crippen LogP contribution < -0.4 is 0 Å². The van der Waals surface area contributed by atoms with Crippen molar-refractivity contribution < 1.29 is 14.3 Å². The van der Waals surface area contributed by atoms with Crippen molar-refractivity contribution in [2.24, 2.45) is 0 Å². The Hall–Kier alpha value is -2.69. The summed E-state index contributed by atoms with van der Waals surface area (Å²) in [5, 5.41) is 9.26. The van der Waals surface area contributed by atoms with Crippen LogP contribution in [0.15, 0.2) is 36.7 Å². The molecule has 3 rings (SSSR count). The van der Waals surface area contributed by atoms with E-state index in [4.69, 9.17) is 0 Å². The third-order valence-corrected chi connectivity index (χ3v) is 3.61. The van der Waals surface area contributed by atoms with E-state index in [2.05, 4.69) is 4.98 Å². The summed E-state index contributed by atoms with van der Waals surface area (Å²) in [6.45, 7) is 3.98. The number of carbonyl (C=O) groups is 1. The number of halogens is 1. The summed E-state index contributed by atoms with van der Waals surface area (Å²) in [7, 11) is 0. The normalized spacial score (nSPS) is 11.0. The molecule has 5 heteroatoms. The zero-order valence-electron chi connectivity index (χ0n) is 11.6. The molecule has 0 fully saturated rings.